The fourth-order valence-electron chi connectivity index (χ4n) is 3.12. The van der Waals surface area contributed by atoms with Gasteiger partial charge in [0.05, 0.1) is 0 Å². The first-order valence-corrected chi connectivity index (χ1v) is 7.08. The number of aryl methyl sites for hydroxylation is 3. The minimum absolute atomic E-state index is 0. The third kappa shape index (κ3) is 2.67. The van der Waals surface area contributed by atoms with Crippen LogP contribution in [0.5, 0.6) is 0 Å². The first-order valence-electron chi connectivity index (χ1n) is 7.08. The van der Waals surface area contributed by atoms with Gasteiger partial charge in [-0.1, -0.05) is 43.7 Å². The first kappa shape index (κ1) is 14.1. The zero-order chi connectivity index (χ0) is 11.7. The molecular weight excluding hydrogens is 295 g/mol. The van der Waals surface area contributed by atoms with Crippen molar-refractivity contribution < 1.29 is 26.2 Å². The van der Waals surface area contributed by atoms with Gasteiger partial charge in [0, 0.05) is 26.2 Å². The monoisotopic (exact) mass is 315 g/mol. The average Bonchev–Trinajstić information content (AvgIpc) is 2.93. The number of hydrogen-bond acceptors (Lipinski definition) is 0. The Kier molecular flexibility index (Phi) is 4.90. The summed E-state index contributed by atoms with van der Waals surface area (Å²) in [5.41, 5.74) is 4.78. The summed E-state index contributed by atoms with van der Waals surface area (Å²) in [5, 5.41) is 3.00. The smallest absolute Gasteiger partial charge is 0 e. The van der Waals surface area contributed by atoms with Gasteiger partial charge in [0.25, 0.3) is 0 Å². The molecular formula is C17H21Zr-. The molecule has 1 aliphatic carbocycles. The van der Waals surface area contributed by atoms with Crippen molar-refractivity contribution in [1.29, 1.82) is 0 Å². The van der Waals surface area contributed by atoms with Crippen molar-refractivity contribution in [1.82, 2.24) is 0 Å². The van der Waals surface area contributed by atoms with Gasteiger partial charge in [0.2, 0.25) is 0 Å². The van der Waals surface area contributed by atoms with E-state index in [4.69, 9.17) is 0 Å². The van der Waals surface area contributed by atoms with Crippen LogP contribution in [0.2, 0.25) is 0 Å². The standard InChI is InChI=1S/C17H21.Zr/c1-2-3-4-6-13-9-10-16-11-14-7-5-8-15(14)12-17(13)16;/h9-12H,2-8H2,1H3;/q-1;. The van der Waals surface area contributed by atoms with Crippen LogP contribution < -0.4 is 0 Å². The van der Waals surface area contributed by atoms with E-state index >= 15 is 0 Å². The molecule has 2 aromatic carbocycles. The zero-order valence-corrected chi connectivity index (χ0v) is 13.7. The molecule has 0 amide bonds. The zero-order valence-electron chi connectivity index (χ0n) is 11.3. The van der Waals surface area contributed by atoms with E-state index in [1.165, 1.54) is 55.7 Å². The maximum Gasteiger partial charge on any atom is 0 e. The molecule has 1 heteroatoms. The predicted molar refractivity (Wildman–Crippen MR) is 74.8 cm³/mol. The summed E-state index contributed by atoms with van der Waals surface area (Å²) < 4.78 is 0. The number of benzene rings is 1. The second-order valence-corrected chi connectivity index (χ2v) is 5.38. The molecule has 0 atom stereocenters. The SMILES string of the molecule is CCCCCc1c[cH-]c2cc3c(cc12)CCC3.[Zr]. The molecule has 0 aliphatic heterocycles. The Bertz CT molecular complexity index is 522. The molecule has 2 aromatic rings. The quantitative estimate of drug-likeness (QED) is 0.562. The van der Waals surface area contributed by atoms with Crippen molar-refractivity contribution in [3.05, 3.63) is 41.0 Å². The normalized spacial score (nSPS) is 13.6. The van der Waals surface area contributed by atoms with Gasteiger partial charge in [0.1, 0.15) is 0 Å². The Balaban J connectivity index is 0.00000120. The van der Waals surface area contributed by atoms with Crippen LogP contribution in [0.3, 0.4) is 0 Å². The summed E-state index contributed by atoms with van der Waals surface area (Å²) in [4.78, 5) is 0. The molecule has 1 aliphatic rings. The third-order valence-corrected chi connectivity index (χ3v) is 4.12. The van der Waals surface area contributed by atoms with E-state index in [9.17, 15) is 0 Å². The maximum atomic E-state index is 2.47. The van der Waals surface area contributed by atoms with E-state index in [1.54, 1.807) is 16.7 Å². The molecule has 0 saturated heterocycles. The molecule has 0 spiro atoms. The fourth-order valence-corrected chi connectivity index (χ4v) is 3.12. The van der Waals surface area contributed by atoms with Crippen LogP contribution in [0.4, 0.5) is 0 Å². The summed E-state index contributed by atoms with van der Waals surface area (Å²) in [6, 6.07) is 9.56. The van der Waals surface area contributed by atoms with E-state index in [-0.39, 0.29) is 26.2 Å². The molecule has 0 nitrogen and oxygen atoms in total. The minimum atomic E-state index is 0. The Morgan fingerprint density at radius 2 is 1.89 bits per heavy atom. The topological polar surface area (TPSA) is 0 Å². The van der Waals surface area contributed by atoms with Gasteiger partial charge in [-0.25, -0.2) is 0 Å². The summed E-state index contributed by atoms with van der Waals surface area (Å²) in [5.74, 6) is 0. The van der Waals surface area contributed by atoms with Crippen molar-refractivity contribution in [2.45, 2.75) is 51.9 Å². The Hall–Kier alpha value is -0.287. The van der Waals surface area contributed by atoms with Gasteiger partial charge in [-0.2, -0.15) is 5.56 Å². The molecule has 0 radical (unpaired) electrons. The van der Waals surface area contributed by atoms with Gasteiger partial charge in [0.15, 0.2) is 0 Å². The van der Waals surface area contributed by atoms with Crippen molar-refractivity contribution >= 4 is 10.8 Å². The van der Waals surface area contributed by atoms with E-state index < -0.39 is 0 Å². The van der Waals surface area contributed by atoms with Gasteiger partial charge >= 0.3 is 0 Å². The van der Waals surface area contributed by atoms with E-state index in [1.807, 2.05) is 0 Å². The number of fused-ring (bicyclic) bond motifs is 2. The molecule has 94 valence electrons. The van der Waals surface area contributed by atoms with E-state index in [0.29, 0.717) is 0 Å². The van der Waals surface area contributed by atoms with Crippen LogP contribution in [0.15, 0.2) is 24.3 Å². The summed E-state index contributed by atoms with van der Waals surface area (Å²) in [6.45, 7) is 2.27. The van der Waals surface area contributed by atoms with Gasteiger partial charge in [-0.05, 0) is 19.3 Å². The minimum Gasteiger partial charge on any atom is -0.153 e. The number of hydrogen-bond donors (Lipinski definition) is 0. The number of unbranched alkanes of at least 4 members (excludes halogenated alkanes) is 2. The Morgan fingerprint density at radius 3 is 2.67 bits per heavy atom. The molecule has 0 bridgehead atoms. The van der Waals surface area contributed by atoms with Crippen molar-refractivity contribution in [2.24, 2.45) is 0 Å². The van der Waals surface area contributed by atoms with Crippen LogP contribution in [0, 0.1) is 0 Å². The van der Waals surface area contributed by atoms with Crippen molar-refractivity contribution in [2.75, 3.05) is 0 Å². The molecule has 0 aromatic heterocycles. The average molecular weight is 317 g/mol. The first-order chi connectivity index (χ1) is 8.38. The Labute approximate surface area is 129 Å². The van der Waals surface area contributed by atoms with Crippen LogP contribution in [0.1, 0.15) is 49.3 Å². The maximum absolute atomic E-state index is 2.47. The molecule has 18 heavy (non-hydrogen) atoms. The molecule has 0 unspecified atom stereocenters. The van der Waals surface area contributed by atoms with Gasteiger partial charge < -0.3 is 0 Å². The van der Waals surface area contributed by atoms with Crippen molar-refractivity contribution in [3.63, 3.8) is 0 Å². The third-order valence-electron chi connectivity index (χ3n) is 4.12. The van der Waals surface area contributed by atoms with Gasteiger partial charge in [-0.15, -0.1) is 35.0 Å². The molecule has 3 rings (SSSR count). The molecule has 0 N–H and O–H groups in total. The van der Waals surface area contributed by atoms with Gasteiger partial charge in [-0.3, -0.25) is 0 Å². The second kappa shape index (κ2) is 6.24. The summed E-state index contributed by atoms with van der Waals surface area (Å²) in [6.07, 6.45) is 9.22. The predicted octanol–water partition coefficient (Wildman–Crippen LogP) is 4.78. The molecule has 0 saturated carbocycles. The van der Waals surface area contributed by atoms with Crippen LogP contribution in [-0.4, -0.2) is 0 Å². The van der Waals surface area contributed by atoms with E-state index in [0.717, 1.165) is 0 Å². The Morgan fingerprint density at radius 1 is 1.11 bits per heavy atom. The largest absolute Gasteiger partial charge is 0.153 e. The molecule has 0 fully saturated rings. The second-order valence-electron chi connectivity index (χ2n) is 5.38. The van der Waals surface area contributed by atoms with Crippen LogP contribution in [-0.2, 0) is 45.5 Å². The fraction of sp³-hybridized carbons (Fsp3) is 0.471. The molecule has 0 heterocycles. The summed E-state index contributed by atoms with van der Waals surface area (Å²) in [7, 11) is 0. The number of rotatable bonds is 4. The summed E-state index contributed by atoms with van der Waals surface area (Å²) >= 11 is 0. The van der Waals surface area contributed by atoms with Crippen molar-refractivity contribution in [3.8, 4) is 0 Å². The van der Waals surface area contributed by atoms with E-state index in [2.05, 4.69) is 31.2 Å². The van der Waals surface area contributed by atoms with Crippen LogP contribution in [0.25, 0.3) is 10.8 Å². The van der Waals surface area contributed by atoms with Crippen LogP contribution >= 0.6 is 0 Å².